The molecule has 4 rings (SSSR count). The number of fused-ring (bicyclic) bond motifs is 1. The zero-order chi connectivity index (χ0) is 21.1. The van der Waals surface area contributed by atoms with E-state index in [1.165, 1.54) is 15.3 Å². The molecule has 3 aromatic heterocycles. The number of aliphatic hydroxyl groups excluding tert-OH is 1. The average molecular weight is 402 g/mol. The molecule has 1 aromatic carbocycles. The molecule has 4 N–H and O–H groups in total. The number of nitrogens with two attached hydrogens (primary N) is 1. The number of aliphatic hydroxyl groups is 1. The first-order valence-corrected chi connectivity index (χ1v) is 9.17. The maximum absolute atomic E-state index is 13.2. The Hall–Kier alpha value is -4.23. The Kier molecular flexibility index (Phi) is 5.11. The van der Waals surface area contributed by atoms with Gasteiger partial charge in [0.25, 0.3) is 0 Å². The van der Waals surface area contributed by atoms with Gasteiger partial charge in [0.1, 0.15) is 41.1 Å². The number of anilines is 2. The number of nitrogen functional groups attached to an aromatic ring is 1. The third-order valence-corrected chi connectivity index (χ3v) is 4.63. The number of hydrogen-bond acceptors (Lipinski definition) is 8. The summed E-state index contributed by atoms with van der Waals surface area (Å²) in [7, 11) is 0. The zero-order valence-electron chi connectivity index (χ0n) is 15.8. The Morgan fingerprint density at radius 2 is 2.00 bits per heavy atom. The highest BCUT2D eigenvalue weighted by molar-refractivity contribution is 5.62. The normalized spacial score (nSPS) is 11.9. The molecule has 3 heterocycles. The van der Waals surface area contributed by atoms with E-state index in [4.69, 9.17) is 5.73 Å². The fourth-order valence-corrected chi connectivity index (χ4v) is 3.23. The number of para-hydroxylation sites is 1. The summed E-state index contributed by atoms with van der Waals surface area (Å²) < 4.78 is 2.91. The lowest BCUT2D eigenvalue weighted by Gasteiger charge is -2.22. The van der Waals surface area contributed by atoms with Crippen LogP contribution in [-0.2, 0) is 0 Å². The van der Waals surface area contributed by atoms with Crippen LogP contribution in [-0.4, -0.2) is 35.6 Å². The van der Waals surface area contributed by atoms with Crippen molar-refractivity contribution in [2.75, 3.05) is 17.7 Å². The molecule has 0 fully saturated rings. The lowest BCUT2D eigenvalue weighted by atomic mass is 10.1. The molecule has 10 heteroatoms. The summed E-state index contributed by atoms with van der Waals surface area (Å²) >= 11 is 0. The fourth-order valence-electron chi connectivity index (χ4n) is 3.23. The van der Waals surface area contributed by atoms with E-state index in [9.17, 15) is 15.2 Å². The minimum Gasteiger partial charge on any atom is -0.396 e. The van der Waals surface area contributed by atoms with Crippen molar-refractivity contribution in [1.29, 1.82) is 5.26 Å². The first-order chi connectivity index (χ1) is 14.6. The molecule has 0 aliphatic carbocycles. The van der Waals surface area contributed by atoms with E-state index in [-0.39, 0.29) is 35.9 Å². The third-order valence-electron chi connectivity index (χ3n) is 4.63. The van der Waals surface area contributed by atoms with Gasteiger partial charge in [-0.25, -0.2) is 24.3 Å². The predicted molar refractivity (Wildman–Crippen MR) is 110 cm³/mol. The monoisotopic (exact) mass is 402 g/mol. The molecule has 30 heavy (non-hydrogen) atoms. The quantitative estimate of drug-likeness (QED) is 0.437. The fraction of sp³-hybridized carbons (Fsp3) is 0.150. The second kappa shape index (κ2) is 8.02. The molecule has 0 radical (unpaired) electrons. The topological polar surface area (TPSA) is 147 Å². The van der Waals surface area contributed by atoms with Gasteiger partial charge in [-0.15, -0.1) is 0 Å². The largest absolute Gasteiger partial charge is 0.396 e. The van der Waals surface area contributed by atoms with Gasteiger partial charge in [-0.05, 0) is 30.7 Å². The van der Waals surface area contributed by atoms with Crippen molar-refractivity contribution in [2.45, 2.75) is 12.5 Å². The van der Waals surface area contributed by atoms with Crippen LogP contribution in [0.15, 0.2) is 59.8 Å². The van der Waals surface area contributed by atoms with Crippen molar-refractivity contribution in [3.63, 3.8) is 0 Å². The van der Waals surface area contributed by atoms with Crippen molar-refractivity contribution in [2.24, 2.45) is 0 Å². The van der Waals surface area contributed by atoms with Gasteiger partial charge < -0.3 is 16.2 Å². The van der Waals surface area contributed by atoms with E-state index in [2.05, 4.69) is 20.3 Å². The van der Waals surface area contributed by atoms with Gasteiger partial charge in [0.15, 0.2) is 0 Å². The Labute approximate surface area is 170 Å². The molecule has 4 aromatic rings. The molecule has 1 unspecified atom stereocenters. The summed E-state index contributed by atoms with van der Waals surface area (Å²) in [6.07, 6.45) is 3.09. The number of benzene rings is 1. The van der Waals surface area contributed by atoms with Crippen LogP contribution in [0.5, 0.6) is 0 Å². The molecule has 10 nitrogen and oxygen atoms in total. The lowest BCUT2D eigenvalue weighted by Crippen LogP contribution is -2.32. The van der Waals surface area contributed by atoms with Crippen LogP contribution in [0.4, 0.5) is 11.6 Å². The van der Waals surface area contributed by atoms with E-state index in [0.717, 1.165) is 0 Å². The molecular formula is C20H18N8O2. The predicted octanol–water partition coefficient (Wildman–Crippen LogP) is 1.26. The smallest absolute Gasteiger partial charge is 0.339 e. The van der Waals surface area contributed by atoms with Gasteiger partial charge in [-0.2, -0.15) is 5.26 Å². The molecule has 0 aliphatic heterocycles. The minimum absolute atomic E-state index is 0.0354. The SMILES string of the molecule is N#Cc1c(N)ncnc1NC(CCO)c1nc2cccn2c(=O)n1-c1ccccc1. The molecule has 0 saturated heterocycles. The number of nitriles is 1. The maximum atomic E-state index is 13.2. The standard InChI is InChI=1S/C20H18N8O2/c21-11-14-17(22)23-12-24-18(14)25-15(8-10-29)19-26-16-7-4-9-27(16)20(30)28(19)13-5-2-1-3-6-13/h1-7,9,12,15,29H,8,10H2,(H3,22,23,24,25). The van der Waals surface area contributed by atoms with E-state index < -0.39 is 6.04 Å². The van der Waals surface area contributed by atoms with E-state index in [0.29, 0.717) is 17.2 Å². The third kappa shape index (κ3) is 3.34. The van der Waals surface area contributed by atoms with Gasteiger partial charge in [0.2, 0.25) is 0 Å². The second-order valence-electron chi connectivity index (χ2n) is 6.46. The van der Waals surface area contributed by atoms with Crippen molar-refractivity contribution in [3.05, 3.63) is 76.9 Å². The van der Waals surface area contributed by atoms with Gasteiger partial charge in [0.05, 0.1) is 11.7 Å². The van der Waals surface area contributed by atoms with Gasteiger partial charge in [-0.1, -0.05) is 18.2 Å². The highest BCUT2D eigenvalue weighted by atomic mass is 16.3. The van der Waals surface area contributed by atoms with E-state index in [1.54, 1.807) is 30.5 Å². The molecule has 0 saturated carbocycles. The second-order valence-corrected chi connectivity index (χ2v) is 6.46. The van der Waals surface area contributed by atoms with Gasteiger partial charge in [-0.3, -0.25) is 4.40 Å². The summed E-state index contributed by atoms with van der Waals surface area (Å²) in [4.78, 5) is 25.8. The Morgan fingerprint density at radius 1 is 1.20 bits per heavy atom. The summed E-state index contributed by atoms with van der Waals surface area (Å²) in [5, 5.41) is 22.2. The number of hydrogen-bond donors (Lipinski definition) is 3. The molecule has 150 valence electrons. The lowest BCUT2D eigenvalue weighted by molar-refractivity contribution is 0.277. The Balaban J connectivity index is 1.92. The van der Waals surface area contributed by atoms with Crippen molar-refractivity contribution >= 4 is 17.3 Å². The van der Waals surface area contributed by atoms with Crippen LogP contribution >= 0.6 is 0 Å². The Bertz CT molecular complexity index is 1290. The average Bonchev–Trinajstić information content (AvgIpc) is 3.23. The molecule has 0 amide bonds. The van der Waals surface area contributed by atoms with Gasteiger partial charge >= 0.3 is 5.69 Å². The van der Waals surface area contributed by atoms with Crippen LogP contribution in [0.1, 0.15) is 23.9 Å². The number of rotatable bonds is 6. The molecular weight excluding hydrogens is 384 g/mol. The maximum Gasteiger partial charge on any atom is 0.339 e. The zero-order valence-corrected chi connectivity index (χ0v) is 15.8. The van der Waals surface area contributed by atoms with Crippen molar-refractivity contribution in [3.8, 4) is 11.8 Å². The molecule has 0 aliphatic rings. The summed E-state index contributed by atoms with van der Waals surface area (Å²) in [5.41, 5.74) is 6.65. The first kappa shape index (κ1) is 19.1. The Morgan fingerprint density at radius 3 is 2.73 bits per heavy atom. The number of nitrogens with zero attached hydrogens (tertiary/aromatic N) is 6. The van der Waals surface area contributed by atoms with Crippen molar-refractivity contribution in [1.82, 2.24) is 23.9 Å². The van der Waals surface area contributed by atoms with Gasteiger partial charge in [0, 0.05) is 12.8 Å². The highest BCUT2D eigenvalue weighted by Gasteiger charge is 2.23. The molecule has 0 bridgehead atoms. The number of nitrogens with one attached hydrogen (secondary N) is 1. The summed E-state index contributed by atoms with van der Waals surface area (Å²) in [5.74, 6) is 0.605. The van der Waals surface area contributed by atoms with Crippen LogP contribution in [0, 0.1) is 11.3 Å². The molecule has 1 atom stereocenters. The number of aromatic nitrogens is 5. The van der Waals surface area contributed by atoms with E-state index in [1.807, 2.05) is 24.3 Å². The highest BCUT2D eigenvalue weighted by Crippen LogP contribution is 2.25. The van der Waals surface area contributed by atoms with Crippen molar-refractivity contribution < 1.29 is 5.11 Å². The summed E-state index contributed by atoms with van der Waals surface area (Å²) in [6.45, 7) is -0.184. The first-order valence-electron chi connectivity index (χ1n) is 9.17. The molecule has 0 spiro atoms. The van der Waals surface area contributed by atoms with Crippen LogP contribution in [0.2, 0.25) is 0 Å². The van der Waals surface area contributed by atoms with E-state index >= 15 is 0 Å². The minimum atomic E-state index is -0.635. The summed E-state index contributed by atoms with van der Waals surface area (Å²) in [6, 6.07) is 13.9. The van der Waals surface area contributed by atoms with Crippen LogP contribution in [0.25, 0.3) is 11.3 Å². The van der Waals surface area contributed by atoms with Crippen LogP contribution in [0.3, 0.4) is 0 Å². The van der Waals surface area contributed by atoms with Crippen LogP contribution < -0.4 is 16.7 Å².